The van der Waals surface area contributed by atoms with E-state index in [2.05, 4.69) is 0 Å². The second-order valence-electron chi connectivity index (χ2n) is 13.5. The standard InChI is InChI=1S/C33H45N3O6/c1-8-41-24-13-11-22(12-14-24)34-17-9-15-32(7)25(28(34)38)26-29(39)36(23(20-37)19-21(2)3)27-30(40)35(31(4,5)6)18-10-16-33(26,27)42-32/h9-16,21,23,25-27,37H,8,17-20H2,1-7H3/t23-,25+,26+,27?,32-,33+/m1/s1. The van der Waals surface area contributed by atoms with Gasteiger partial charge in [-0.25, -0.2) is 0 Å². The second-order valence-corrected chi connectivity index (χ2v) is 13.5. The molecule has 2 fully saturated rings. The van der Waals surface area contributed by atoms with E-state index in [1.54, 1.807) is 14.7 Å². The van der Waals surface area contributed by atoms with E-state index >= 15 is 0 Å². The van der Waals surface area contributed by atoms with Crippen molar-refractivity contribution in [1.82, 2.24) is 9.80 Å². The molecule has 3 amide bonds. The van der Waals surface area contributed by atoms with Crippen LogP contribution in [-0.4, -0.2) is 87.8 Å². The summed E-state index contributed by atoms with van der Waals surface area (Å²) >= 11 is 0. The van der Waals surface area contributed by atoms with Crippen LogP contribution in [0.5, 0.6) is 5.75 Å². The summed E-state index contributed by atoms with van der Waals surface area (Å²) in [6, 6.07) is 5.75. The predicted octanol–water partition coefficient (Wildman–Crippen LogP) is 3.56. The zero-order chi connectivity index (χ0) is 30.6. The number of carbonyl (C=O) groups is 3. The molecule has 4 aliphatic heterocycles. The van der Waals surface area contributed by atoms with Crippen molar-refractivity contribution in [3.63, 3.8) is 0 Å². The lowest BCUT2D eigenvalue weighted by atomic mass is 9.74. The lowest BCUT2D eigenvalue weighted by Crippen LogP contribution is -2.61. The van der Waals surface area contributed by atoms with Crippen molar-refractivity contribution in [2.75, 3.05) is 31.2 Å². The van der Waals surface area contributed by atoms with Gasteiger partial charge in [0.1, 0.15) is 17.4 Å². The van der Waals surface area contributed by atoms with Crippen LogP contribution in [0.1, 0.15) is 54.9 Å². The summed E-state index contributed by atoms with van der Waals surface area (Å²) in [5.41, 5.74) is -2.30. The molecule has 1 aromatic rings. The van der Waals surface area contributed by atoms with Crippen molar-refractivity contribution in [1.29, 1.82) is 0 Å². The first-order valence-corrected chi connectivity index (χ1v) is 15.1. The highest BCUT2D eigenvalue weighted by Gasteiger charge is 2.75. The largest absolute Gasteiger partial charge is 0.494 e. The van der Waals surface area contributed by atoms with Gasteiger partial charge in [-0.2, -0.15) is 0 Å². The van der Waals surface area contributed by atoms with Gasteiger partial charge in [0.15, 0.2) is 0 Å². The normalized spacial score (nSPS) is 31.7. The third-order valence-electron chi connectivity index (χ3n) is 9.11. The van der Waals surface area contributed by atoms with Gasteiger partial charge >= 0.3 is 0 Å². The van der Waals surface area contributed by atoms with E-state index in [0.29, 0.717) is 37.6 Å². The van der Waals surface area contributed by atoms with Gasteiger partial charge in [0, 0.05) is 24.3 Å². The third kappa shape index (κ3) is 4.74. The molecular weight excluding hydrogens is 534 g/mol. The smallest absolute Gasteiger partial charge is 0.249 e. The quantitative estimate of drug-likeness (QED) is 0.496. The Balaban J connectivity index is 1.63. The van der Waals surface area contributed by atoms with E-state index in [1.807, 2.05) is 97.0 Å². The van der Waals surface area contributed by atoms with Gasteiger partial charge in [-0.3, -0.25) is 14.4 Å². The van der Waals surface area contributed by atoms with E-state index in [1.165, 1.54) is 0 Å². The van der Waals surface area contributed by atoms with Crippen LogP contribution in [0.2, 0.25) is 0 Å². The maximum Gasteiger partial charge on any atom is 0.249 e. The van der Waals surface area contributed by atoms with Crippen molar-refractivity contribution in [2.24, 2.45) is 17.8 Å². The summed E-state index contributed by atoms with van der Waals surface area (Å²) < 4.78 is 12.5. The molecule has 2 saturated heterocycles. The third-order valence-corrected chi connectivity index (χ3v) is 9.11. The van der Waals surface area contributed by atoms with Crippen LogP contribution in [-0.2, 0) is 19.1 Å². The number of carbonyl (C=O) groups excluding carboxylic acids is 3. The molecule has 228 valence electrons. The molecule has 4 heterocycles. The Morgan fingerprint density at radius 3 is 2.26 bits per heavy atom. The molecule has 0 saturated carbocycles. The Labute approximate surface area is 249 Å². The fourth-order valence-corrected chi connectivity index (χ4v) is 7.40. The number of anilines is 1. The van der Waals surface area contributed by atoms with Gasteiger partial charge in [0.2, 0.25) is 17.7 Å². The van der Waals surface area contributed by atoms with E-state index < -0.39 is 40.7 Å². The fraction of sp³-hybridized carbons (Fsp3) is 0.606. The fourth-order valence-electron chi connectivity index (χ4n) is 7.40. The summed E-state index contributed by atoms with van der Waals surface area (Å²) in [5, 5.41) is 10.5. The van der Waals surface area contributed by atoms with Gasteiger partial charge in [-0.05, 0) is 71.2 Å². The van der Waals surface area contributed by atoms with E-state index in [4.69, 9.17) is 9.47 Å². The van der Waals surface area contributed by atoms with Gasteiger partial charge < -0.3 is 29.3 Å². The van der Waals surface area contributed by atoms with Crippen LogP contribution in [0.25, 0.3) is 0 Å². The minimum atomic E-state index is -1.36. The van der Waals surface area contributed by atoms with E-state index in [-0.39, 0.29) is 30.2 Å². The summed E-state index contributed by atoms with van der Waals surface area (Å²) in [5.74, 6) is -1.71. The second kappa shape index (κ2) is 10.8. The van der Waals surface area contributed by atoms with Crippen molar-refractivity contribution in [3.8, 4) is 5.75 Å². The maximum atomic E-state index is 14.7. The summed E-state index contributed by atoms with van der Waals surface area (Å²) in [6.45, 7) is 14.6. The highest BCUT2D eigenvalue weighted by atomic mass is 16.5. The number of aliphatic hydroxyl groups excluding tert-OH is 1. The van der Waals surface area contributed by atoms with E-state index in [9.17, 15) is 19.5 Å². The van der Waals surface area contributed by atoms with Crippen molar-refractivity contribution < 1.29 is 29.0 Å². The van der Waals surface area contributed by atoms with Crippen LogP contribution in [0, 0.1) is 17.8 Å². The molecule has 1 unspecified atom stereocenters. The Kier molecular flexibility index (Phi) is 7.81. The van der Waals surface area contributed by atoms with Crippen LogP contribution < -0.4 is 9.64 Å². The number of ether oxygens (including phenoxy) is 2. The summed E-state index contributed by atoms with van der Waals surface area (Å²) in [6.07, 6.45) is 8.06. The Hall–Kier alpha value is -3.17. The highest BCUT2D eigenvalue weighted by Crippen LogP contribution is 2.58. The number of likely N-dealkylation sites (tertiary alicyclic amines) is 1. The van der Waals surface area contributed by atoms with Gasteiger partial charge in [0.25, 0.3) is 0 Å². The molecule has 0 bridgehead atoms. The molecule has 0 aromatic heterocycles. The Morgan fingerprint density at radius 2 is 1.67 bits per heavy atom. The number of nitrogens with zero attached hydrogens (tertiary/aromatic N) is 3. The average molecular weight is 580 g/mol. The predicted molar refractivity (Wildman–Crippen MR) is 160 cm³/mol. The lowest BCUT2D eigenvalue weighted by molar-refractivity contribution is -0.157. The molecule has 0 radical (unpaired) electrons. The van der Waals surface area contributed by atoms with Gasteiger partial charge in [-0.1, -0.05) is 38.2 Å². The van der Waals surface area contributed by atoms with E-state index in [0.717, 1.165) is 0 Å². The van der Waals surface area contributed by atoms with Gasteiger partial charge in [-0.15, -0.1) is 0 Å². The Morgan fingerprint density at radius 1 is 1.00 bits per heavy atom. The molecule has 42 heavy (non-hydrogen) atoms. The molecule has 4 aliphatic rings. The minimum Gasteiger partial charge on any atom is -0.494 e. The zero-order valence-electron chi connectivity index (χ0n) is 25.9. The molecular formula is C33H45N3O6. The maximum absolute atomic E-state index is 14.7. The SMILES string of the molecule is CCOc1ccc(N2CC=C[C@@]3(C)O[C@]45C=CCN(C(C)(C)C)C(=O)C4N([C@@H](CO)CC(C)C)C(=O)[C@@H]5[C@H]3C2=O)cc1. The molecule has 6 atom stereocenters. The number of fused-ring (bicyclic) bond motifs is 2. The number of aliphatic hydroxyl groups is 1. The zero-order valence-corrected chi connectivity index (χ0v) is 25.9. The first kappa shape index (κ1) is 30.3. The van der Waals surface area contributed by atoms with Crippen molar-refractivity contribution in [2.45, 2.75) is 83.7 Å². The molecule has 0 aliphatic carbocycles. The van der Waals surface area contributed by atoms with Crippen molar-refractivity contribution in [3.05, 3.63) is 48.6 Å². The minimum absolute atomic E-state index is 0.172. The monoisotopic (exact) mass is 579 g/mol. The molecule has 1 N–H and O–H groups in total. The Bertz CT molecular complexity index is 1280. The number of amides is 3. The first-order valence-electron chi connectivity index (χ1n) is 15.1. The molecule has 5 rings (SSSR count). The number of benzene rings is 1. The molecule has 9 heteroatoms. The van der Waals surface area contributed by atoms with Crippen LogP contribution in [0.4, 0.5) is 5.69 Å². The topological polar surface area (TPSA) is 99.6 Å². The van der Waals surface area contributed by atoms with Crippen LogP contribution in [0.15, 0.2) is 48.6 Å². The molecule has 9 nitrogen and oxygen atoms in total. The van der Waals surface area contributed by atoms with Crippen molar-refractivity contribution >= 4 is 23.4 Å². The number of hydrogen-bond donors (Lipinski definition) is 1. The van der Waals surface area contributed by atoms with Gasteiger partial charge in [0.05, 0.1) is 36.7 Å². The summed E-state index contributed by atoms with van der Waals surface area (Å²) in [7, 11) is 0. The van der Waals surface area contributed by atoms with Crippen LogP contribution in [0.3, 0.4) is 0 Å². The molecule has 1 spiro atoms. The summed E-state index contributed by atoms with van der Waals surface area (Å²) in [4.78, 5) is 48.7. The number of rotatable bonds is 7. The molecule has 1 aromatic carbocycles. The first-order chi connectivity index (χ1) is 19.8. The average Bonchev–Trinajstić information content (AvgIpc) is 3.18. The highest BCUT2D eigenvalue weighted by molar-refractivity contribution is 6.04. The van der Waals surface area contributed by atoms with Crippen LogP contribution >= 0.6 is 0 Å². The lowest BCUT2D eigenvalue weighted by Gasteiger charge is -2.43. The number of hydrogen-bond acceptors (Lipinski definition) is 6.